The number of carbonyl (C=O) groups is 1. The molecule has 0 radical (unpaired) electrons. The van der Waals surface area contributed by atoms with E-state index in [0.717, 1.165) is 37.9 Å². The fourth-order valence-corrected chi connectivity index (χ4v) is 2.23. The minimum absolute atomic E-state index is 0.140. The number of aromatic amines is 1. The average molecular weight is 314 g/mol. The molecular formula is C17H22N4O2. The topological polar surface area (TPSA) is 80.8 Å². The number of nitrogens with zero attached hydrogens (tertiary/aromatic N) is 3. The predicted octanol–water partition coefficient (Wildman–Crippen LogP) is 3.03. The van der Waals surface area contributed by atoms with Crippen LogP contribution in [-0.2, 0) is 17.8 Å². The van der Waals surface area contributed by atoms with E-state index in [2.05, 4.69) is 39.3 Å². The zero-order chi connectivity index (χ0) is 16.3. The molecule has 1 heterocycles. The first kappa shape index (κ1) is 16.9. The van der Waals surface area contributed by atoms with Gasteiger partial charge in [0.2, 0.25) is 0 Å². The number of nitrogens with one attached hydrogen (secondary N) is 1. The third-order valence-corrected chi connectivity index (χ3v) is 3.55. The Morgan fingerprint density at radius 3 is 2.65 bits per heavy atom. The van der Waals surface area contributed by atoms with Crippen molar-refractivity contribution in [2.75, 3.05) is 0 Å². The number of tetrazole rings is 1. The van der Waals surface area contributed by atoms with Crippen LogP contribution in [0.1, 0.15) is 43.5 Å². The smallest absolute Gasteiger partial charge is 0.186 e. The highest BCUT2D eigenvalue weighted by atomic mass is 16.5. The van der Waals surface area contributed by atoms with Crippen molar-refractivity contribution in [2.24, 2.45) is 0 Å². The van der Waals surface area contributed by atoms with Crippen LogP contribution in [0.15, 0.2) is 36.9 Å². The Balaban J connectivity index is 1.61. The second kappa shape index (κ2) is 9.50. The number of rotatable bonds is 11. The second-order valence-electron chi connectivity index (χ2n) is 5.37. The van der Waals surface area contributed by atoms with Gasteiger partial charge in [-0.15, -0.1) is 5.10 Å². The van der Waals surface area contributed by atoms with Gasteiger partial charge in [0.25, 0.3) is 0 Å². The molecule has 122 valence electrons. The van der Waals surface area contributed by atoms with E-state index in [-0.39, 0.29) is 5.78 Å². The first-order valence-electron chi connectivity index (χ1n) is 7.87. The van der Waals surface area contributed by atoms with E-state index in [4.69, 9.17) is 4.74 Å². The Bertz CT molecular complexity index is 594. The number of benzene rings is 1. The average Bonchev–Trinajstić information content (AvgIpc) is 3.10. The molecule has 0 aliphatic heterocycles. The maximum atomic E-state index is 11.1. The lowest BCUT2D eigenvalue weighted by Gasteiger charge is -2.05. The second-order valence-corrected chi connectivity index (χ2v) is 5.37. The molecule has 0 amide bonds. The van der Waals surface area contributed by atoms with Crippen LogP contribution >= 0.6 is 0 Å². The summed E-state index contributed by atoms with van der Waals surface area (Å²) >= 11 is 0. The highest BCUT2D eigenvalue weighted by Crippen LogP contribution is 2.15. The van der Waals surface area contributed by atoms with Gasteiger partial charge in [0.1, 0.15) is 12.4 Å². The molecule has 1 N–H and O–H groups in total. The van der Waals surface area contributed by atoms with Crippen LogP contribution in [0.2, 0.25) is 0 Å². The Morgan fingerprint density at radius 2 is 1.96 bits per heavy atom. The first-order chi connectivity index (χ1) is 11.3. The summed E-state index contributed by atoms with van der Waals surface area (Å²) in [5.41, 5.74) is 1.29. The highest BCUT2D eigenvalue weighted by molar-refractivity contribution is 5.88. The van der Waals surface area contributed by atoms with Crippen LogP contribution in [0, 0.1) is 0 Å². The summed E-state index contributed by atoms with van der Waals surface area (Å²) in [6.45, 7) is 3.81. The van der Waals surface area contributed by atoms with E-state index in [1.165, 1.54) is 11.6 Å². The first-order valence-corrected chi connectivity index (χ1v) is 7.87. The molecule has 2 rings (SSSR count). The third-order valence-electron chi connectivity index (χ3n) is 3.55. The zero-order valence-corrected chi connectivity index (χ0v) is 13.2. The largest absolute Gasteiger partial charge is 0.486 e. The van der Waals surface area contributed by atoms with Crippen molar-refractivity contribution in [3.8, 4) is 5.75 Å². The molecular weight excluding hydrogens is 292 g/mol. The molecule has 0 bridgehead atoms. The molecule has 0 aliphatic rings. The van der Waals surface area contributed by atoms with E-state index in [0.29, 0.717) is 18.9 Å². The molecule has 1 aromatic carbocycles. The Morgan fingerprint density at radius 1 is 1.17 bits per heavy atom. The minimum atomic E-state index is 0.140. The minimum Gasteiger partial charge on any atom is -0.486 e. The lowest BCUT2D eigenvalue weighted by Crippen LogP contribution is -1.98. The van der Waals surface area contributed by atoms with Gasteiger partial charge in [-0.25, -0.2) is 5.10 Å². The van der Waals surface area contributed by atoms with E-state index in [1.807, 2.05) is 12.1 Å². The number of hydrogen-bond donors (Lipinski definition) is 1. The molecule has 6 heteroatoms. The van der Waals surface area contributed by atoms with Gasteiger partial charge in [-0.1, -0.05) is 31.6 Å². The molecule has 23 heavy (non-hydrogen) atoms. The van der Waals surface area contributed by atoms with Gasteiger partial charge >= 0.3 is 0 Å². The number of ether oxygens (including phenoxy) is 1. The van der Waals surface area contributed by atoms with Crippen molar-refractivity contribution < 1.29 is 9.53 Å². The fourth-order valence-electron chi connectivity index (χ4n) is 2.23. The van der Waals surface area contributed by atoms with Gasteiger partial charge in [0.05, 0.1) is 0 Å². The van der Waals surface area contributed by atoms with E-state index < -0.39 is 0 Å². The summed E-state index contributed by atoms with van der Waals surface area (Å²) in [4.78, 5) is 11.1. The molecule has 0 fully saturated rings. The quantitative estimate of drug-likeness (QED) is 0.509. The van der Waals surface area contributed by atoms with Gasteiger partial charge in [0, 0.05) is 6.42 Å². The summed E-state index contributed by atoms with van der Waals surface area (Å²) in [6, 6.07) is 8.08. The summed E-state index contributed by atoms with van der Waals surface area (Å²) in [7, 11) is 0. The Kier molecular flexibility index (Phi) is 6.97. The van der Waals surface area contributed by atoms with Crippen molar-refractivity contribution in [2.45, 2.75) is 45.1 Å². The van der Waals surface area contributed by atoms with Gasteiger partial charge in [-0.2, -0.15) is 0 Å². The van der Waals surface area contributed by atoms with Gasteiger partial charge in [-0.05, 0) is 53.5 Å². The molecule has 6 nitrogen and oxygen atoms in total. The monoisotopic (exact) mass is 314 g/mol. The van der Waals surface area contributed by atoms with Crippen LogP contribution in [0.25, 0.3) is 0 Å². The van der Waals surface area contributed by atoms with Gasteiger partial charge < -0.3 is 4.74 Å². The number of aromatic nitrogens is 4. The maximum absolute atomic E-state index is 11.1. The van der Waals surface area contributed by atoms with Gasteiger partial charge in [0.15, 0.2) is 11.6 Å². The van der Waals surface area contributed by atoms with Crippen molar-refractivity contribution >= 4 is 5.78 Å². The fraction of sp³-hybridized carbons (Fsp3) is 0.412. The van der Waals surface area contributed by atoms with E-state index in [1.54, 1.807) is 0 Å². The van der Waals surface area contributed by atoms with Crippen LogP contribution in [0.5, 0.6) is 5.75 Å². The van der Waals surface area contributed by atoms with Crippen LogP contribution in [0.4, 0.5) is 0 Å². The van der Waals surface area contributed by atoms with Crippen molar-refractivity contribution in [3.63, 3.8) is 0 Å². The van der Waals surface area contributed by atoms with Gasteiger partial charge in [-0.3, -0.25) is 4.79 Å². The SMILES string of the molecule is C=CC(=O)CCCCCCc1ccc(OCc2nnn[nH]2)cc1. The number of hydrogen-bond acceptors (Lipinski definition) is 5. The number of allylic oxidation sites excluding steroid dienone is 1. The van der Waals surface area contributed by atoms with Crippen LogP contribution in [-0.4, -0.2) is 26.4 Å². The number of H-pyrrole nitrogens is 1. The molecule has 0 saturated heterocycles. The predicted molar refractivity (Wildman–Crippen MR) is 86.9 cm³/mol. The molecule has 2 aromatic rings. The van der Waals surface area contributed by atoms with E-state index in [9.17, 15) is 4.79 Å². The molecule has 0 saturated carbocycles. The normalized spacial score (nSPS) is 10.4. The molecule has 0 unspecified atom stereocenters. The Hall–Kier alpha value is -2.50. The lowest BCUT2D eigenvalue weighted by atomic mass is 10.0. The Labute approximate surface area is 135 Å². The maximum Gasteiger partial charge on any atom is 0.186 e. The van der Waals surface area contributed by atoms with E-state index >= 15 is 0 Å². The molecule has 0 aliphatic carbocycles. The van der Waals surface area contributed by atoms with Crippen LogP contribution < -0.4 is 4.74 Å². The number of aryl methyl sites for hydroxylation is 1. The summed E-state index contributed by atoms with van der Waals surface area (Å²) in [5.74, 6) is 1.54. The highest BCUT2D eigenvalue weighted by Gasteiger charge is 2.00. The standard InChI is InChI=1S/C17H22N4O2/c1-2-15(22)8-6-4-3-5-7-14-9-11-16(12-10-14)23-13-17-18-20-21-19-17/h2,9-12H,1,3-8,13H2,(H,18,19,20,21). The van der Waals surface area contributed by atoms with Crippen LogP contribution in [0.3, 0.4) is 0 Å². The molecule has 0 atom stereocenters. The number of carbonyl (C=O) groups excluding carboxylic acids is 1. The number of unbranched alkanes of at least 4 members (excludes halogenated alkanes) is 3. The third kappa shape index (κ3) is 6.42. The van der Waals surface area contributed by atoms with Crippen molar-refractivity contribution in [3.05, 3.63) is 48.3 Å². The lowest BCUT2D eigenvalue weighted by molar-refractivity contribution is -0.114. The number of ketones is 1. The van der Waals surface area contributed by atoms with Crippen molar-refractivity contribution in [1.82, 2.24) is 20.6 Å². The zero-order valence-electron chi connectivity index (χ0n) is 13.2. The van der Waals surface area contributed by atoms with Crippen molar-refractivity contribution in [1.29, 1.82) is 0 Å². The summed E-state index contributed by atoms with van der Waals surface area (Å²) in [5, 5.41) is 13.4. The molecule has 0 spiro atoms. The summed E-state index contributed by atoms with van der Waals surface area (Å²) in [6.07, 6.45) is 7.38. The molecule has 1 aromatic heterocycles. The summed E-state index contributed by atoms with van der Waals surface area (Å²) < 4.78 is 5.58.